The van der Waals surface area contributed by atoms with Gasteiger partial charge in [-0.3, -0.25) is 0 Å². The van der Waals surface area contributed by atoms with E-state index in [4.69, 9.17) is 27.9 Å². The number of nitrogens with one attached hydrogen (secondary N) is 1. The first kappa shape index (κ1) is 13.2. The quantitative estimate of drug-likeness (QED) is 0.907. The Labute approximate surface area is 112 Å². The first-order chi connectivity index (χ1) is 8.22. The maximum absolute atomic E-state index is 6.26. The molecule has 17 heavy (non-hydrogen) atoms. The minimum Gasteiger partial charge on any atom is -0.381 e. The number of benzene rings is 1. The Morgan fingerprint density at radius 2 is 2.24 bits per heavy atom. The second-order valence-corrected chi connectivity index (χ2v) is 5.25. The van der Waals surface area contributed by atoms with E-state index >= 15 is 0 Å². The third kappa shape index (κ3) is 3.14. The standard InChI is InChI=1S/C13H17Cl2NO/c1-16-13(9-3-2-6-17-8-9)11-5-4-10(14)7-12(11)15/h4-5,7,9,13,16H,2-3,6,8H2,1H3. The molecule has 0 aromatic heterocycles. The fraction of sp³-hybridized carbons (Fsp3) is 0.538. The van der Waals surface area contributed by atoms with Crippen molar-refractivity contribution >= 4 is 23.2 Å². The Hall–Kier alpha value is -0.280. The molecule has 0 spiro atoms. The molecule has 0 amide bonds. The van der Waals surface area contributed by atoms with Gasteiger partial charge in [0.25, 0.3) is 0 Å². The summed E-state index contributed by atoms with van der Waals surface area (Å²) in [4.78, 5) is 0. The SMILES string of the molecule is CNC(c1ccc(Cl)cc1Cl)C1CCCOC1. The van der Waals surface area contributed by atoms with Crippen LogP contribution in [0.2, 0.25) is 10.0 Å². The zero-order valence-corrected chi connectivity index (χ0v) is 11.4. The lowest BCUT2D eigenvalue weighted by molar-refractivity contribution is 0.0402. The molecule has 0 radical (unpaired) electrons. The summed E-state index contributed by atoms with van der Waals surface area (Å²) in [6, 6.07) is 5.92. The Morgan fingerprint density at radius 3 is 2.82 bits per heavy atom. The first-order valence-electron chi connectivity index (χ1n) is 5.92. The van der Waals surface area contributed by atoms with Gasteiger partial charge in [0.15, 0.2) is 0 Å². The van der Waals surface area contributed by atoms with Crippen LogP contribution in [0, 0.1) is 5.92 Å². The van der Waals surface area contributed by atoms with Crippen molar-refractivity contribution in [2.24, 2.45) is 5.92 Å². The van der Waals surface area contributed by atoms with Gasteiger partial charge in [-0.1, -0.05) is 29.3 Å². The van der Waals surface area contributed by atoms with Crippen molar-refractivity contribution in [3.8, 4) is 0 Å². The van der Waals surface area contributed by atoms with E-state index in [2.05, 4.69) is 5.32 Å². The average Bonchev–Trinajstić information content (AvgIpc) is 2.34. The molecule has 2 unspecified atom stereocenters. The highest BCUT2D eigenvalue weighted by molar-refractivity contribution is 6.35. The molecule has 1 aromatic carbocycles. The number of halogens is 2. The lowest BCUT2D eigenvalue weighted by atomic mass is 9.89. The van der Waals surface area contributed by atoms with Gasteiger partial charge >= 0.3 is 0 Å². The van der Waals surface area contributed by atoms with Crippen LogP contribution in [0.3, 0.4) is 0 Å². The van der Waals surface area contributed by atoms with Crippen molar-refractivity contribution in [1.29, 1.82) is 0 Å². The fourth-order valence-corrected chi connectivity index (χ4v) is 2.95. The molecule has 1 fully saturated rings. The Kier molecular flexibility index (Phi) is 4.69. The van der Waals surface area contributed by atoms with Crippen molar-refractivity contribution in [3.05, 3.63) is 33.8 Å². The van der Waals surface area contributed by atoms with Crippen LogP contribution in [-0.2, 0) is 4.74 Å². The van der Waals surface area contributed by atoms with Crippen molar-refractivity contribution < 1.29 is 4.74 Å². The summed E-state index contributed by atoms with van der Waals surface area (Å²) in [6.07, 6.45) is 2.29. The highest BCUT2D eigenvalue weighted by Crippen LogP contribution is 2.33. The van der Waals surface area contributed by atoms with Crippen LogP contribution in [0.25, 0.3) is 0 Å². The van der Waals surface area contributed by atoms with Crippen LogP contribution in [0.15, 0.2) is 18.2 Å². The zero-order chi connectivity index (χ0) is 12.3. The molecular formula is C13H17Cl2NO. The minimum atomic E-state index is 0.236. The lowest BCUT2D eigenvalue weighted by Crippen LogP contribution is -2.31. The van der Waals surface area contributed by atoms with E-state index < -0.39 is 0 Å². The van der Waals surface area contributed by atoms with Crippen molar-refractivity contribution in [3.63, 3.8) is 0 Å². The van der Waals surface area contributed by atoms with Crippen molar-refractivity contribution in [2.75, 3.05) is 20.3 Å². The summed E-state index contributed by atoms with van der Waals surface area (Å²) in [5.74, 6) is 0.479. The van der Waals surface area contributed by atoms with E-state index in [-0.39, 0.29) is 6.04 Å². The van der Waals surface area contributed by atoms with E-state index in [9.17, 15) is 0 Å². The normalized spacial score (nSPS) is 22.4. The first-order valence-corrected chi connectivity index (χ1v) is 6.68. The number of ether oxygens (including phenoxy) is 1. The molecule has 0 aliphatic carbocycles. The average molecular weight is 274 g/mol. The molecule has 1 aliphatic heterocycles. The van der Waals surface area contributed by atoms with E-state index in [0.717, 1.165) is 30.2 Å². The summed E-state index contributed by atoms with van der Waals surface area (Å²) in [7, 11) is 1.96. The smallest absolute Gasteiger partial charge is 0.0512 e. The molecule has 1 aromatic rings. The van der Waals surface area contributed by atoms with Crippen LogP contribution in [0.1, 0.15) is 24.4 Å². The van der Waals surface area contributed by atoms with E-state index in [1.807, 2.05) is 19.2 Å². The van der Waals surface area contributed by atoms with Gasteiger partial charge in [-0.15, -0.1) is 0 Å². The highest BCUT2D eigenvalue weighted by Gasteiger charge is 2.25. The highest BCUT2D eigenvalue weighted by atomic mass is 35.5. The number of rotatable bonds is 3. The number of hydrogen-bond acceptors (Lipinski definition) is 2. The van der Waals surface area contributed by atoms with Crippen molar-refractivity contribution in [2.45, 2.75) is 18.9 Å². The van der Waals surface area contributed by atoms with Crippen LogP contribution in [0.5, 0.6) is 0 Å². The largest absolute Gasteiger partial charge is 0.381 e. The van der Waals surface area contributed by atoms with Crippen molar-refractivity contribution in [1.82, 2.24) is 5.32 Å². The molecule has 1 N–H and O–H groups in total. The monoisotopic (exact) mass is 273 g/mol. The second-order valence-electron chi connectivity index (χ2n) is 4.41. The molecule has 2 nitrogen and oxygen atoms in total. The Bertz CT molecular complexity index is 378. The molecule has 2 rings (SSSR count). The molecule has 1 heterocycles. The molecule has 2 atom stereocenters. The van der Waals surface area contributed by atoms with Gasteiger partial charge < -0.3 is 10.1 Å². The lowest BCUT2D eigenvalue weighted by Gasteiger charge is -2.30. The van der Waals surface area contributed by atoms with Crippen LogP contribution < -0.4 is 5.32 Å². The third-order valence-corrected chi connectivity index (χ3v) is 3.84. The maximum Gasteiger partial charge on any atom is 0.0512 e. The van der Waals surface area contributed by atoms with Crippen LogP contribution in [-0.4, -0.2) is 20.3 Å². The molecule has 94 valence electrons. The zero-order valence-electron chi connectivity index (χ0n) is 9.88. The molecular weight excluding hydrogens is 257 g/mol. The van der Waals surface area contributed by atoms with Gasteiger partial charge in [-0.05, 0) is 37.6 Å². The molecule has 0 bridgehead atoms. The van der Waals surface area contributed by atoms with Gasteiger partial charge in [-0.25, -0.2) is 0 Å². The van der Waals surface area contributed by atoms with Gasteiger partial charge in [0.1, 0.15) is 0 Å². The topological polar surface area (TPSA) is 21.3 Å². The Balaban J connectivity index is 2.21. The van der Waals surface area contributed by atoms with Gasteiger partial charge in [-0.2, -0.15) is 0 Å². The molecule has 1 aliphatic rings. The van der Waals surface area contributed by atoms with Crippen LogP contribution >= 0.6 is 23.2 Å². The molecule has 1 saturated heterocycles. The predicted molar refractivity (Wildman–Crippen MR) is 71.8 cm³/mol. The van der Waals surface area contributed by atoms with E-state index in [1.165, 1.54) is 6.42 Å². The minimum absolute atomic E-state index is 0.236. The Morgan fingerprint density at radius 1 is 1.41 bits per heavy atom. The summed E-state index contributed by atoms with van der Waals surface area (Å²) < 4.78 is 5.54. The van der Waals surface area contributed by atoms with Gasteiger partial charge in [0.2, 0.25) is 0 Å². The summed E-state index contributed by atoms with van der Waals surface area (Å²) >= 11 is 12.2. The predicted octanol–water partition coefficient (Wildman–Crippen LogP) is 3.68. The molecule has 4 heteroatoms. The number of hydrogen-bond donors (Lipinski definition) is 1. The van der Waals surface area contributed by atoms with E-state index in [1.54, 1.807) is 6.07 Å². The third-order valence-electron chi connectivity index (χ3n) is 3.28. The van der Waals surface area contributed by atoms with Crippen LogP contribution in [0.4, 0.5) is 0 Å². The summed E-state index contributed by atoms with van der Waals surface area (Å²) in [5.41, 5.74) is 1.11. The van der Waals surface area contributed by atoms with E-state index in [0.29, 0.717) is 10.9 Å². The molecule has 0 saturated carbocycles. The summed E-state index contributed by atoms with van der Waals surface area (Å²) in [5, 5.41) is 4.74. The van der Waals surface area contributed by atoms with Gasteiger partial charge in [0.05, 0.1) is 6.61 Å². The second kappa shape index (κ2) is 6.05. The summed E-state index contributed by atoms with van der Waals surface area (Å²) in [6.45, 7) is 1.67. The maximum atomic E-state index is 6.26. The fourth-order valence-electron chi connectivity index (χ4n) is 2.43. The van der Waals surface area contributed by atoms with Gasteiger partial charge in [0, 0.05) is 28.6 Å².